The molecule has 118 valence electrons. The maximum atomic E-state index is 12.1. The number of hydrogen-bond acceptors (Lipinski definition) is 4. The van der Waals surface area contributed by atoms with Crippen molar-refractivity contribution >= 4 is 33.4 Å². The summed E-state index contributed by atoms with van der Waals surface area (Å²) < 4.78 is 0.751. The maximum Gasteiger partial charge on any atom is 0.253 e. The highest BCUT2D eigenvalue weighted by Gasteiger charge is 2.22. The van der Waals surface area contributed by atoms with Gasteiger partial charge < -0.3 is 10.2 Å². The average molecular weight is 375 g/mol. The van der Waals surface area contributed by atoms with Crippen LogP contribution in [0.1, 0.15) is 28.8 Å². The fourth-order valence-corrected chi connectivity index (χ4v) is 2.82. The van der Waals surface area contributed by atoms with Crippen molar-refractivity contribution in [2.24, 2.45) is 0 Å². The van der Waals surface area contributed by atoms with Gasteiger partial charge in [-0.3, -0.25) is 19.6 Å². The molecule has 0 unspecified atom stereocenters. The Kier molecular flexibility index (Phi) is 4.66. The van der Waals surface area contributed by atoms with Gasteiger partial charge in [0.15, 0.2) is 0 Å². The Morgan fingerprint density at radius 3 is 2.78 bits per heavy atom. The van der Waals surface area contributed by atoms with Crippen LogP contribution in [-0.2, 0) is 11.3 Å². The lowest BCUT2D eigenvalue weighted by Crippen LogP contribution is -2.25. The van der Waals surface area contributed by atoms with Crippen molar-refractivity contribution < 1.29 is 9.59 Å². The molecule has 23 heavy (non-hydrogen) atoms. The Morgan fingerprint density at radius 1 is 1.22 bits per heavy atom. The number of aromatic nitrogens is 2. The highest BCUT2D eigenvalue weighted by Crippen LogP contribution is 2.21. The molecule has 1 aliphatic heterocycles. The molecule has 0 bridgehead atoms. The number of nitrogens with one attached hydrogen (secondary N) is 1. The van der Waals surface area contributed by atoms with E-state index in [1.807, 2.05) is 6.07 Å². The minimum Gasteiger partial charge on any atom is -0.348 e. The Hall–Kier alpha value is -2.28. The standard InChI is InChI=1S/C16H15BrN4O2/c17-13-5-12(8-19-9-13)16(23)20-7-11-4-14(10-18-6-11)21-3-1-2-15(21)22/h4-6,8-10H,1-3,7H2,(H,20,23). The first-order chi connectivity index (χ1) is 11.1. The number of nitrogens with zero attached hydrogens (tertiary/aromatic N) is 3. The van der Waals surface area contributed by atoms with Gasteiger partial charge in [-0.15, -0.1) is 0 Å². The second-order valence-corrected chi connectivity index (χ2v) is 6.19. The summed E-state index contributed by atoms with van der Waals surface area (Å²) in [5.41, 5.74) is 2.11. The monoisotopic (exact) mass is 374 g/mol. The normalized spacial score (nSPS) is 14.1. The number of carbonyl (C=O) groups is 2. The van der Waals surface area contributed by atoms with Gasteiger partial charge in [-0.1, -0.05) is 0 Å². The molecule has 2 amide bonds. The topological polar surface area (TPSA) is 75.2 Å². The number of amides is 2. The smallest absolute Gasteiger partial charge is 0.253 e. The highest BCUT2D eigenvalue weighted by molar-refractivity contribution is 9.10. The minimum atomic E-state index is -0.207. The van der Waals surface area contributed by atoms with E-state index < -0.39 is 0 Å². The van der Waals surface area contributed by atoms with Crippen molar-refractivity contribution in [3.63, 3.8) is 0 Å². The molecule has 2 aromatic heterocycles. The molecule has 6 nitrogen and oxygen atoms in total. The third-order valence-corrected chi connectivity index (χ3v) is 4.02. The van der Waals surface area contributed by atoms with Gasteiger partial charge in [-0.2, -0.15) is 0 Å². The lowest BCUT2D eigenvalue weighted by molar-refractivity contribution is -0.117. The minimum absolute atomic E-state index is 0.119. The molecule has 1 aliphatic rings. The summed E-state index contributed by atoms with van der Waals surface area (Å²) in [5.74, 6) is -0.0883. The predicted octanol–water partition coefficient (Wildman–Crippen LogP) is 2.30. The molecule has 0 aromatic carbocycles. The van der Waals surface area contributed by atoms with E-state index in [2.05, 4.69) is 31.2 Å². The molecule has 0 radical (unpaired) electrons. The SMILES string of the molecule is O=C(NCc1cncc(N2CCCC2=O)c1)c1cncc(Br)c1. The molecular formula is C16H15BrN4O2. The lowest BCUT2D eigenvalue weighted by Gasteiger charge is -2.16. The van der Waals surface area contributed by atoms with Crippen LogP contribution in [0.3, 0.4) is 0 Å². The lowest BCUT2D eigenvalue weighted by atomic mass is 10.2. The van der Waals surface area contributed by atoms with E-state index in [1.54, 1.807) is 29.6 Å². The van der Waals surface area contributed by atoms with E-state index in [0.717, 1.165) is 28.7 Å². The van der Waals surface area contributed by atoms with Crippen LogP contribution in [0.4, 0.5) is 5.69 Å². The molecule has 0 saturated carbocycles. The second-order valence-electron chi connectivity index (χ2n) is 5.27. The van der Waals surface area contributed by atoms with Gasteiger partial charge in [0.05, 0.1) is 17.4 Å². The highest BCUT2D eigenvalue weighted by atomic mass is 79.9. The number of pyridine rings is 2. The molecular weight excluding hydrogens is 360 g/mol. The first kappa shape index (κ1) is 15.6. The maximum absolute atomic E-state index is 12.1. The van der Waals surface area contributed by atoms with Crippen LogP contribution in [0.2, 0.25) is 0 Å². The van der Waals surface area contributed by atoms with Gasteiger partial charge in [0.1, 0.15) is 0 Å². The summed E-state index contributed by atoms with van der Waals surface area (Å²) in [7, 11) is 0. The Morgan fingerprint density at radius 2 is 2.04 bits per heavy atom. The van der Waals surface area contributed by atoms with Crippen LogP contribution in [0.25, 0.3) is 0 Å². The predicted molar refractivity (Wildman–Crippen MR) is 88.9 cm³/mol. The van der Waals surface area contributed by atoms with Gasteiger partial charge in [-0.25, -0.2) is 0 Å². The van der Waals surface area contributed by atoms with Crippen molar-refractivity contribution in [2.75, 3.05) is 11.4 Å². The van der Waals surface area contributed by atoms with Crippen LogP contribution in [0.5, 0.6) is 0 Å². The third kappa shape index (κ3) is 3.73. The molecule has 1 N–H and O–H groups in total. The van der Waals surface area contributed by atoms with Crippen LogP contribution >= 0.6 is 15.9 Å². The number of carbonyl (C=O) groups excluding carboxylic acids is 2. The second kappa shape index (κ2) is 6.87. The first-order valence-electron chi connectivity index (χ1n) is 7.26. The van der Waals surface area contributed by atoms with E-state index in [9.17, 15) is 9.59 Å². The summed E-state index contributed by atoms with van der Waals surface area (Å²) in [5, 5.41) is 2.83. The fraction of sp³-hybridized carbons (Fsp3) is 0.250. The van der Waals surface area contributed by atoms with Crippen molar-refractivity contribution in [1.82, 2.24) is 15.3 Å². The van der Waals surface area contributed by atoms with Crippen molar-refractivity contribution in [3.8, 4) is 0 Å². The van der Waals surface area contributed by atoms with Gasteiger partial charge >= 0.3 is 0 Å². The Labute approximate surface area is 142 Å². The molecule has 0 aliphatic carbocycles. The van der Waals surface area contributed by atoms with Crippen molar-refractivity contribution in [1.29, 1.82) is 0 Å². The first-order valence-corrected chi connectivity index (χ1v) is 8.06. The van der Waals surface area contributed by atoms with E-state index in [1.165, 1.54) is 6.20 Å². The summed E-state index contributed by atoms with van der Waals surface area (Å²) in [6.07, 6.45) is 7.94. The van der Waals surface area contributed by atoms with Gasteiger partial charge in [0.25, 0.3) is 5.91 Å². The summed E-state index contributed by atoms with van der Waals surface area (Å²) in [6.45, 7) is 1.06. The zero-order chi connectivity index (χ0) is 16.2. The zero-order valence-electron chi connectivity index (χ0n) is 12.3. The number of hydrogen-bond donors (Lipinski definition) is 1. The molecule has 1 saturated heterocycles. The summed E-state index contributed by atoms with van der Waals surface area (Å²) in [4.78, 5) is 33.8. The van der Waals surface area contributed by atoms with Crippen molar-refractivity contribution in [3.05, 3.63) is 52.5 Å². The molecule has 1 fully saturated rings. The molecule has 2 aromatic rings. The van der Waals surface area contributed by atoms with Crippen LogP contribution < -0.4 is 10.2 Å². The Bertz CT molecular complexity index is 750. The quantitative estimate of drug-likeness (QED) is 0.890. The van der Waals surface area contributed by atoms with E-state index >= 15 is 0 Å². The van der Waals surface area contributed by atoms with E-state index in [0.29, 0.717) is 18.5 Å². The van der Waals surface area contributed by atoms with Crippen LogP contribution in [0.15, 0.2) is 41.4 Å². The van der Waals surface area contributed by atoms with E-state index in [-0.39, 0.29) is 11.8 Å². The van der Waals surface area contributed by atoms with Gasteiger partial charge in [-0.05, 0) is 40.0 Å². The van der Waals surface area contributed by atoms with Gasteiger partial charge in [0.2, 0.25) is 5.91 Å². The Balaban J connectivity index is 1.66. The van der Waals surface area contributed by atoms with E-state index in [4.69, 9.17) is 0 Å². The largest absolute Gasteiger partial charge is 0.348 e. The molecule has 3 heterocycles. The number of rotatable bonds is 4. The van der Waals surface area contributed by atoms with Crippen LogP contribution in [-0.4, -0.2) is 28.3 Å². The van der Waals surface area contributed by atoms with Crippen molar-refractivity contribution in [2.45, 2.75) is 19.4 Å². The van der Waals surface area contributed by atoms with Gasteiger partial charge in [0, 0.05) is 42.6 Å². The molecule has 0 atom stereocenters. The zero-order valence-corrected chi connectivity index (χ0v) is 13.9. The fourth-order valence-electron chi connectivity index (χ4n) is 2.46. The van der Waals surface area contributed by atoms with Crippen LogP contribution in [0, 0.1) is 0 Å². The summed E-state index contributed by atoms with van der Waals surface area (Å²) in [6, 6.07) is 3.59. The summed E-state index contributed by atoms with van der Waals surface area (Å²) >= 11 is 3.29. The molecule has 7 heteroatoms. The average Bonchev–Trinajstić information content (AvgIpc) is 2.99. The number of halogens is 1. The molecule has 3 rings (SSSR count). The third-order valence-electron chi connectivity index (χ3n) is 3.59. The number of anilines is 1. The molecule has 0 spiro atoms.